The molecule has 44 heavy (non-hydrogen) atoms. The van der Waals surface area contributed by atoms with Gasteiger partial charge in [0.2, 0.25) is 5.91 Å². The lowest BCUT2D eigenvalue weighted by atomic mass is 10.0. The number of rotatable bonds is 11. The number of anilines is 2. The van der Waals surface area contributed by atoms with Crippen molar-refractivity contribution in [1.29, 1.82) is 0 Å². The van der Waals surface area contributed by atoms with Crippen molar-refractivity contribution in [3.63, 3.8) is 0 Å². The van der Waals surface area contributed by atoms with E-state index in [4.69, 9.17) is 0 Å². The van der Waals surface area contributed by atoms with Gasteiger partial charge in [0.1, 0.15) is 5.70 Å². The Labute approximate surface area is 264 Å². The Bertz CT molecular complexity index is 1630. The SMILES string of the molecule is CCC(Sc1cccc(NC(=O)/C(=C\c2ccc(C(C)C)cc2)NC(=O)c2ccccc2)c1)C(=O)Nc1cc(C)cc(C)c1. The van der Waals surface area contributed by atoms with Gasteiger partial charge >= 0.3 is 0 Å². The van der Waals surface area contributed by atoms with E-state index in [9.17, 15) is 14.4 Å². The zero-order valence-electron chi connectivity index (χ0n) is 25.8. The summed E-state index contributed by atoms with van der Waals surface area (Å²) in [4.78, 5) is 40.5. The summed E-state index contributed by atoms with van der Waals surface area (Å²) in [6.45, 7) is 10.2. The molecule has 0 radical (unpaired) electrons. The summed E-state index contributed by atoms with van der Waals surface area (Å²) in [7, 11) is 0. The molecular formula is C37H39N3O3S. The predicted molar refractivity (Wildman–Crippen MR) is 182 cm³/mol. The maximum atomic E-state index is 13.6. The largest absolute Gasteiger partial charge is 0.325 e. The molecule has 4 rings (SSSR count). The van der Waals surface area contributed by atoms with Crippen LogP contribution in [0.25, 0.3) is 6.08 Å². The maximum absolute atomic E-state index is 13.6. The first kappa shape index (κ1) is 32.3. The molecule has 0 fully saturated rings. The van der Waals surface area contributed by atoms with Crippen molar-refractivity contribution in [1.82, 2.24) is 5.32 Å². The third-order valence-electron chi connectivity index (χ3n) is 6.97. The van der Waals surface area contributed by atoms with Crippen LogP contribution in [0.4, 0.5) is 11.4 Å². The fourth-order valence-electron chi connectivity index (χ4n) is 4.69. The van der Waals surface area contributed by atoms with Crippen molar-refractivity contribution in [2.45, 2.75) is 57.1 Å². The van der Waals surface area contributed by atoms with Crippen LogP contribution in [0.2, 0.25) is 0 Å². The van der Waals surface area contributed by atoms with Crippen LogP contribution in [0.3, 0.4) is 0 Å². The minimum absolute atomic E-state index is 0.0748. The summed E-state index contributed by atoms with van der Waals surface area (Å²) in [6, 6.07) is 30.0. The van der Waals surface area contributed by atoms with E-state index < -0.39 is 5.91 Å². The number of thioether (sulfide) groups is 1. The van der Waals surface area contributed by atoms with Gasteiger partial charge in [-0.15, -0.1) is 11.8 Å². The Morgan fingerprint density at radius 2 is 1.45 bits per heavy atom. The molecular weight excluding hydrogens is 566 g/mol. The summed E-state index contributed by atoms with van der Waals surface area (Å²) in [6.07, 6.45) is 2.30. The number of aryl methyl sites for hydroxylation is 2. The minimum atomic E-state index is -0.455. The first-order valence-electron chi connectivity index (χ1n) is 14.8. The van der Waals surface area contributed by atoms with E-state index in [0.717, 1.165) is 27.3 Å². The number of nitrogens with one attached hydrogen (secondary N) is 3. The van der Waals surface area contributed by atoms with Gasteiger partial charge in [-0.25, -0.2) is 0 Å². The summed E-state index contributed by atoms with van der Waals surface area (Å²) in [5, 5.41) is 8.44. The van der Waals surface area contributed by atoms with Gasteiger partial charge in [-0.3, -0.25) is 14.4 Å². The number of carbonyl (C=O) groups is 3. The van der Waals surface area contributed by atoms with Crippen LogP contribution in [-0.4, -0.2) is 23.0 Å². The molecule has 0 aliphatic rings. The van der Waals surface area contributed by atoms with Gasteiger partial charge in [0.25, 0.3) is 11.8 Å². The van der Waals surface area contributed by atoms with E-state index in [1.165, 1.54) is 17.3 Å². The topological polar surface area (TPSA) is 87.3 Å². The Morgan fingerprint density at radius 3 is 2.09 bits per heavy atom. The molecule has 7 heteroatoms. The molecule has 1 unspecified atom stereocenters. The van der Waals surface area contributed by atoms with E-state index in [1.54, 1.807) is 36.4 Å². The third-order valence-corrected chi connectivity index (χ3v) is 8.32. The van der Waals surface area contributed by atoms with E-state index in [-0.39, 0.29) is 22.8 Å². The average Bonchev–Trinajstić information content (AvgIpc) is 2.99. The summed E-state index contributed by atoms with van der Waals surface area (Å²) < 4.78 is 0. The molecule has 0 saturated heterocycles. The zero-order valence-corrected chi connectivity index (χ0v) is 26.6. The molecule has 4 aromatic carbocycles. The average molecular weight is 606 g/mol. The third kappa shape index (κ3) is 9.19. The number of hydrogen-bond acceptors (Lipinski definition) is 4. The molecule has 6 nitrogen and oxygen atoms in total. The Balaban J connectivity index is 1.51. The Morgan fingerprint density at radius 1 is 0.773 bits per heavy atom. The van der Waals surface area contributed by atoms with Crippen molar-refractivity contribution < 1.29 is 14.4 Å². The van der Waals surface area contributed by atoms with Gasteiger partial charge in [0.05, 0.1) is 5.25 Å². The van der Waals surface area contributed by atoms with Crippen LogP contribution in [0.15, 0.2) is 108 Å². The Hall–Kier alpha value is -4.62. The van der Waals surface area contributed by atoms with Gasteiger partial charge in [-0.1, -0.05) is 75.4 Å². The van der Waals surface area contributed by atoms with Gasteiger partial charge in [-0.05, 0) is 97.0 Å². The first-order chi connectivity index (χ1) is 21.1. The lowest BCUT2D eigenvalue weighted by molar-refractivity contribution is -0.116. The number of amides is 3. The summed E-state index contributed by atoms with van der Waals surface area (Å²) in [5.41, 5.74) is 6.05. The van der Waals surface area contributed by atoms with Crippen molar-refractivity contribution >= 4 is 46.9 Å². The van der Waals surface area contributed by atoms with E-state index in [1.807, 2.05) is 81.4 Å². The molecule has 0 aromatic heterocycles. The molecule has 0 aliphatic carbocycles. The number of benzene rings is 4. The monoisotopic (exact) mass is 605 g/mol. The van der Waals surface area contributed by atoms with Crippen LogP contribution in [-0.2, 0) is 9.59 Å². The van der Waals surface area contributed by atoms with Gasteiger partial charge < -0.3 is 16.0 Å². The Kier molecular flexibility index (Phi) is 11.2. The van der Waals surface area contributed by atoms with E-state index in [2.05, 4.69) is 35.9 Å². The maximum Gasteiger partial charge on any atom is 0.272 e. The highest BCUT2D eigenvalue weighted by atomic mass is 32.2. The van der Waals surface area contributed by atoms with Crippen LogP contribution in [0.1, 0.15) is 65.7 Å². The number of hydrogen-bond donors (Lipinski definition) is 3. The highest BCUT2D eigenvalue weighted by Crippen LogP contribution is 2.29. The molecule has 4 aromatic rings. The molecule has 0 aliphatic heterocycles. The highest BCUT2D eigenvalue weighted by Gasteiger charge is 2.20. The smallest absolute Gasteiger partial charge is 0.272 e. The minimum Gasteiger partial charge on any atom is -0.325 e. The predicted octanol–water partition coefficient (Wildman–Crippen LogP) is 8.35. The quantitative estimate of drug-likeness (QED) is 0.118. The normalized spacial score (nSPS) is 12.0. The first-order valence-corrected chi connectivity index (χ1v) is 15.6. The van der Waals surface area contributed by atoms with Crippen molar-refractivity contribution in [3.8, 4) is 0 Å². The van der Waals surface area contributed by atoms with Crippen molar-refractivity contribution in [2.24, 2.45) is 0 Å². The fraction of sp³-hybridized carbons (Fsp3) is 0.216. The lowest BCUT2D eigenvalue weighted by Crippen LogP contribution is -2.30. The van der Waals surface area contributed by atoms with Crippen molar-refractivity contribution in [3.05, 3.63) is 131 Å². The fourth-order valence-corrected chi connectivity index (χ4v) is 5.70. The summed E-state index contributed by atoms with van der Waals surface area (Å²) in [5.74, 6) is -0.530. The molecule has 0 saturated carbocycles. The van der Waals surface area contributed by atoms with E-state index in [0.29, 0.717) is 23.6 Å². The standard InChI is InChI=1S/C37H39N3O3S/c1-6-34(37(43)39-31-20-25(4)19-26(5)21-31)44-32-14-10-13-30(23-32)38-36(42)33(40-35(41)29-11-8-7-9-12-29)22-27-15-17-28(18-16-27)24(2)3/h7-24,34H,6H2,1-5H3,(H,38,42)(H,39,43)(H,40,41)/b33-22+. The van der Waals surface area contributed by atoms with Gasteiger partial charge in [0.15, 0.2) is 0 Å². The van der Waals surface area contributed by atoms with E-state index >= 15 is 0 Å². The molecule has 0 spiro atoms. The highest BCUT2D eigenvalue weighted by molar-refractivity contribution is 8.00. The zero-order chi connectivity index (χ0) is 31.6. The molecule has 226 valence electrons. The van der Waals surface area contributed by atoms with Crippen LogP contribution >= 0.6 is 11.8 Å². The molecule has 3 amide bonds. The second-order valence-corrected chi connectivity index (χ2v) is 12.3. The second-order valence-electron chi connectivity index (χ2n) is 11.1. The van der Waals surface area contributed by atoms with Gasteiger partial charge in [-0.2, -0.15) is 0 Å². The molecule has 0 heterocycles. The lowest BCUT2D eigenvalue weighted by Gasteiger charge is -2.16. The van der Waals surface area contributed by atoms with Crippen LogP contribution in [0, 0.1) is 13.8 Å². The van der Waals surface area contributed by atoms with Crippen molar-refractivity contribution in [2.75, 3.05) is 10.6 Å². The molecule has 3 N–H and O–H groups in total. The van der Waals surface area contributed by atoms with Crippen LogP contribution < -0.4 is 16.0 Å². The summed E-state index contributed by atoms with van der Waals surface area (Å²) >= 11 is 1.44. The molecule has 1 atom stereocenters. The second kappa shape index (κ2) is 15.2. The van der Waals surface area contributed by atoms with Gasteiger partial charge in [0, 0.05) is 21.8 Å². The van der Waals surface area contributed by atoms with Crippen LogP contribution in [0.5, 0.6) is 0 Å². The number of carbonyl (C=O) groups excluding carboxylic acids is 3. The molecule has 0 bridgehead atoms.